The molecule has 2 atom stereocenters. The monoisotopic (exact) mass is 425 g/mol. The molecule has 0 fully saturated rings. The minimum Gasteiger partial charge on any atom is -0.465 e. The lowest BCUT2D eigenvalue weighted by Crippen LogP contribution is -2.31. The predicted octanol–water partition coefficient (Wildman–Crippen LogP) is 6.16. The number of carbonyl (C=O) groups excluding carboxylic acids is 2. The molecule has 0 spiro atoms. The van der Waals surface area contributed by atoms with Crippen LogP contribution in [0.4, 0.5) is 5.69 Å². The van der Waals surface area contributed by atoms with Crippen molar-refractivity contribution >= 4 is 17.6 Å². The van der Waals surface area contributed by atoms with Crippen LogP contribution in [0.2, 0.25) is 0 Å². The van der Waals surface area contributed by atoms with Crippen molar-refractivity contribution in [3.63, 3.8) is 0 Å². The largest absolute Gasteiger partial charge is 0.465 e. The van der Waals surface area contributed by atoms with Gasteiger partial charge in [0.2, 0.25) is 0 Å². The van der Waals surface area contributed by atoms with Gasteiger partial charge in [-0.3, -0.25) is 0 Å². The Bertz CT molecular complexity index is 798. The van der Waals surface area contributed by atoms with Crippen LogP contribution in [-0.2, 0) is 14.3 Å². The molecule has 0 aliphatic heterocycles. The molecule has 0 radical (unpaired) electrons. The number of hydrogen-bond donors (Lipinski definition) is 1. The fourth-order valence-electron chi connectivity index (χ4n) is 3.90. The van der Waals surface area contributed by atoms with E-state index in [0.29, 0.717) is 11.5 Å². The highest BCUT2D eigenvalue weighted by Gasteiger charge is 2.28. The lowest BCUT2D eigenvalue weighted by molar-refractivity contribution is -0.153. The van der Waals surface area contributed by atoms with Crippen LogP contribution >= 0.6 is 0 Å². The van der Waals surface area contributed by atoms with Gasteiger partial charge in [0.1, 0.15) is 6.10 Å². The van der Waals surface area contributed by atoms with E-state index in [0.717, 1.165) is 43.4 Å². The quantitative estimate of drug-likeness (QED) is 0.412. The molecule has 168 valence electrons. The molecule has 0 bridgehead atoms. The zero-order chi connectivity index (χ0) is 22.6. The molecule has 1 N–H and O–H groups in total. The van der Waals surface area contributed by atoms with Crippen LogP contribution in [0.1, 0.15) is 74.8 Å². The molecule has 2 aromatic carbocycles. The SMILES string of the molecule is CCCC(CCC)[C@H](CC)OC(=O)C(Nc1ccc(C(=O)OC)cc1)c1ccccc1. The van der Waals surface area contributed by atoms with E-state index in [1.54, 1.807) is 24.3 Å². The summed E-state index contributed by atoms with van der Waals surface area (Å²) in [6, 6.07) is 15.8. The number of esters is 2. The van der Waals surface area contributed by atoms with Gasteiger partial charge in [-0.25, -0.2) is 9.59 Å². The average Bonchev–Trinajstić information content (AvgIpc) is 2.81. The molecular formula is C26H35NO4. The molecule has 1 unspecified atom stereocenters. The Morgan fingerprint density at radius 2 is 1.52 bits per heavy atom. The Morgan fingerprint density at radius 3 is 2.03 bits per heavy atom. The lowest BCUT2D eigenvalue weighted by atomic mass is 9.91. The first kappa shape index (κ1) is 24.4. The van der Waals surface area contributed by atoms with Gasteiger partial charge in [-0.05, 0) is 55.0 Å². The normalized spacial score (nSPS) is 12.8. The van der Waals surface area contributed by atoms with Crippen molar-refractivity contribution in [3.05, 3.63) is 65.7 Å². The minimum atomic E-state index is -0.636. The molecule has 2 rings (SSSR count). The zero-order valence-electron chi connectivity index (χ0n) is 19.1. The highest BCUT2D eigenvalue weighted by atomic mass is 16.5. The summed E-state index contributed by atoms with van der Waals surface area (Å²) in [6.07, 6.45) is 4.96. The second-order valence-electron chi connectivity index (χ2n) is 7.78. The van der Waals surface area contributed by atoms with Gasteiger partial charge in [0.25, 0.3) is 0 Å². The summed E-state index contributed by atoms with van der Waals surface area (Å²) in [5, 5.41) is 3.28. The molecule has 31 heavy (non-hydrogen) atoms. The highest BCUT2D eigenvalue weighted by Crippen LogP contribution is 2.27. The average molecular weight is 426 g/mol. The second-order valence-corrected chi connectivity index (χ2v) is 7.78. The van der Waals surface area contributed by atoms with Gasteiger partial charge < -0.3 is 14.8 Å². The van der Waals surface area contributed by atoms with E-state index in [1.807, 2.05) is 30.3 Å². The number of rotatable bonds is 12. The Morgan fingerprint density at radius 1 is 0.903 bits per heavy atom. The summed E-state index contributed by atoms with van der Waals surface area (Å²) in [7, 11) is 1.35. The van der Waals surface area contributed by atoms with E-state index in [4.69, 9.17) is 9.47 Å². The third-order valence-electron chi connectivity index (χ3n) is 5.50. The van der Waals surface area contributed by atoms with E-state index >= 15 is 0 Å². The maximum absolute atomic E-state index is 13.3. The molecule has 5 heteroatoms. The van der Waals surface area contributed by atoms with E-state index < -0.39 is 12.0 Å². The summed E-state index contributed by atoms with van der Waals surface area (Å²) in [6.45, 7) is 6.42. The van der Waals surface area contributed by atoms with Gasteiger partial charge in [-0.2, -0.15) is 0 Å². The van der Waals surface area contributed by atoms with Crippen molar-refractivity contribution in [1.82, 2.24) is 0 Å². The summed E-state index contributed by atoms with van der Waals surface area (Å²) in [5.74, 6) is -0.304. The summed E-state index contributed by atoms with van der Waals surface area (Å²) in [4.78, 5) is 25.0. The van der Waals surface area contributed by atoms with Gasteiger partial charge in [-0.15, -0.1) is 0 Å². The maximum atomic E-state index is 13.3. The van der Waals surface area contributed by atoms with Gasteiger partial charge in [0.15, 0.2) is 6.04 Å². The van der Waals surface area contributed by atoms with Crippen LogP contribution in [-0.4, -0.2) is 25.2 Å². The van der Waals surface area contributed by atoms with E-state index in [2.05, 4.69) is 26.1 Å². The number of methoxy groups -OCH3 is 1. The smallest absolute Gasteiger partial charge is 0.337 e. The molecular weight excluding hydrogens is 390 g/mol. The van der Waals surface area contributed by atoms with Gasteiger partial charge in [-0.1, -0.05) is 63.9 Å². The molecule has 0 saturated heterocycles. The van der Waals surface area contributed by atoms with Crippen molar-refractivity contribution in [3.8, 4) is 0 Å². The fourth-order valence-corrected chi connectivity index (χ4v) is 3.90. The first-order valence-electron chi connectivity index (χ1n) is 11.2. The van der Waals surface area contributed by atoms with Crippen LogP contribution in [0, 0.1) is 5.92 Å². The molecule has 0 saturated carbocycles. The van der Waals surface area contributed by atoms with Crippen LogP contribution in [0.3, 0.4) is 0 Å². The Labute approximate surface area is 186 Å². The van der Waals surface area contributed by atoms with E-state index in [-0.39, 0.29) is 12.1 Å². The third-order valence-corrected chi connectivity index (χ3v) is 5.50. The predicted molar refractivity (Wildman–Crippen MR) is 124 cm³/mol. The first-order valence-corrected chi connectivity index (χ1v) is 11.2. The minimum absolute atomic E-state index is 0.0953. The standard InChI is InChI=1S/C26H35NO4/c1-5-11-19(12-6-2)23(7-3)31-26(29)24(20-13-9-8-10-14-20)27-22-17-15-21(16-18-22)25(28)30-4/h8-10,13-19,23-24,27H,5-7,11-12H2,1-4H3/t23-,24?/m0/s1. The van der Waals surface area contributed by atoms with Crippen molar-refractivity contribution in [2.45, 2.75) is 65.0 Å². The Balaban J connectivity index is 2.23. The van der Waals surface area contributed by atoms with Crippen LogP contribution in [0.25, 0.3) is 0 Å². The van der Waals surface area contributed by atoms with Crippen LogP contribution < -0.4 is 5.32 Å². The molecule has 5 nitrogen and oxygen atoms in total. The third kappa shape index (κ3) is 7.12. The van der Waals surface area contributed by atoms with Crippen molar-refractivity contribution in [2.24, 2.45) is 5.92 Å². The molecule has 0 aliphatic carbocycles. The molecule has 0 aromatic heterocycles. The highest BCUT2D eigenvalue weighted by molar-refractivity contribution is 5.90. The summed E-state index contributed by atoms with van der Waals surface area (Å²) in [5.41, 5.74) is 2.02. The summed E-state index contributed by atoms with van der Waals surface area (Å²) >= 11 is 0. The van der Waals surface area contributed by atoms with E-state index in [9.17, 15) is 9.59 Å². The zero-order valence-corrected chi connectivity index (χ0v) is 19.1. The topological polar surface area (TPSA) is 64.6 Å². The van der Waals surface area contributed by atoms with Gasteiger partial charge >= 0.3 is 11.9 Å². The van der Waals surface area contributed by atoms with Crippen molar-refractivity contribution in [1.29, 1.82) is 0 Å². The Hall–Kier alpha value is -2.82. The number of hydrogen-bond acceptors (Lipinski definition) is 5. The van der Waals surface area contributed by atoms with Gasteiger partial charge in [0.05, 0.1) is 12.7 Å². The number of ether oxygens (including phenoxy) is 2. The maximum Gasteiger partial charge on any atom is 0.337 e. The van der Waals surface area contributed by atoms with E-state index in [1.165, 1.54) is 7.11 Å². The summed E-state index contributed by atoms with van der Waals surface area (Å²) < 4.78 is 10.8. The fraction of sp³-hybridized carbons (Fsp3) is 0.462. The number of anilines is 1. The molecule has 0 amide bonds. The molecule has 2 aromatic rings. The van der Waals surface area contributed by atoms with Crippen LogP contribution in [0.5, 0.6) is 0 Å². The molecule has 0 aliphatic rings. The van der Waals surface area contributed by atoms with Crippen molar-refractivity contribution < 1.29 is 19.1 Å². The second kappa shape index (κ2) is 12.8. The lowest BCUT2D eigenvalue weighted by Gasteiger charge is -2.28. The Kier molecular flexibility index (Phi) is 10.1. The van der Waals surface area contributed by atoms with Crippen LogP contribution in [0.15, 0.2) is 54.6 Å². The van der Waals surface area contributed by atoms with Gasteiger partial charge in [0, 0.05) is 5.69 Å². The first-order chi connectivity index (χ1) is 15.0. The number of benzene rings is 2. The molecule has 0 heterocycles. The number of carbonyl (C=O) groups is 2. The number of nitrogens with one attached hydrogen (secondary N) is 1. The van der Waals surface area contributed by atoms with Crippen molar-refractivity contribution in [2.75, 3.05) is 12.4 Å².